The van der Waals surface area contributed by atoms with E-state index in [1.165, 1.54) is 19.3 Å². The minimum atomic E-state index is 0.626. The summed E-state index contributed by atoms with van der Waals surface area (Å²) in [5.41, 5.74) is 0. The Morgan fingerprint density at radius 1 is 1.16 bits per heavy atom. The van der Waals surface area contributed by atoms with Crippen LogP contribution in [0.25, 0.3) is 0 Å². The summed E-state index contributed by atoms with van der Waals surface area (Å²) in [4.78, 5) is 17.5. The Bertz CT molecular complexity index is 416. The maximum Gasteiger partial charge on any atom is 0.231 e. The molecule has 0 spiro atoms. The molecule has 0 unspecified atom stereocenters. The van der Waals surface area contributed by atoms with Crippen LogP contribution in [-0.2, 0) is 0 Å². The van der Waals surface area contributed by atoms with Gasteiger partial charge < -0.3 is 15.1 Å². The van der Waals surface area contributed by atoms with Crippen molar-refractivity contribution in [1.82, 2.24) is 15.0 Å². The standard InChI is InChI=1S/C13H24N6/c1-5-19(9-10-7-6-8-10)13-16-11(14-2)15-12(17-13)18(3)4/h10H,5-9H2,1-4H3,(H,14,15,16,17). The van der Waals surface area contributed by atoms with Gasteiger partial charge in [0.15, 0.2) is 0 Å². The van der Waals surface area contributed by atoms with Gasteiger partial charge in [-0.05, 0) is 25.7 Å². The zero-order valence-electron chi connectivity index (χ0n) is 12.3. The summed E-state index contributed by atoms with van der Waals surface area (Å²) in [6, 6.07) is 0. The van der Waals surface area contributed by atoms with Gasteiger partial charge in [-0.25, -0.2) is 0 Å². The number of anilines is 3. The van der Waals surface area contributed by atoms with Crippen molar-refractivity contribution in [3.63, 3.8) is 0 Å². The summed E-state index contributed by atoms with van der Waals surface area (Å²) >= 11 is 0. The molecule has 0 aliphatic heterocycles. The number of aromatic nitrogens is 3. The number of nitrogens with zero attached hydrogens (tertiary/aromatic N) is 5. The van der Waals surface area contributed by atoms with Crippen molar-refractivity contribution in [2.45, 2.75) is 26.2 Å². The summed E-state index contributed by atoms with van der Waals surface area (Å²) in [6.07, 6.45) is 4.03. The quantitative estimate of drug-likeness (QED) is 0.842. The molecule has 0 bridgehead atoms. The van der Waals surface area contributed by atoms with Gasteiger partial charge in [0.05, 0.1) is 0 Å². The van der Waals surface area contributed by atoms with Crippen LogP contribution in [0.5, 0.6) is 0 Å². The smallest absolute Gasteiger partial charge is 0.231 e. The second kappa shape index (κ2) is 6.04. The molecule has 6 nitrogen and oxygen atoms in total. The molecule has 0 atom stereocenters. The van der Waals surface area contributed by atoms with E-state index in [2.05, 4.69) is 32.1 Å². The molecule has 19 heavy (non-hydrogen) atoms. The van der Waals surface area contributed by atoms with E-state index in [9.17, 15) is 0 Å². The molecule has 6 heteroatoms. The second-order valence-electron chi connectivity index (χ2n) is 5.24. The first-order chi connectivity index (χ1) is 9.13. The minimum Gasteiger partial charge on any atom is -0.357 e. The molecular formula is C13H24N6. The summed E-state index contributed by atoms with van der Waals surface area (Å²) < 4.78 is 0. The van der Waals surface area contributed by atoms with Crippen LogP contribution in [0.4, 0.5) is 17.8 Å². The molecule has 106 valence electrons. The van der Waals surface area contributed by atoms with E-state index in [0.717, 1.165) is 25.0 Å². The third kappa shape index (κ3) is 3.24. The molecule has 2 rings (SSSR count). The van der Waals surface area contributed by atoms with Gasteiger partial charge in [-0.3, -0.25) is 0 Å². The van der Waals surface area contributed by atoms with Crippen molar-refractivity contribution < 1.29 is 0 Å². The van der Waals surface area contributed by atoms with Gasteiger partial charge >= 0.3 is 0 Å². The summed E-state index contributed by atoms with van der Waals surface area (Å²) in [5.74, 6) is 2.90. The SMILES string of the molecule is CCN(CC1CCC1)c1nc(NC)nc(N(C)C)n1. The molecule has 1 saturated carbocycles. The Kier molecular flexibility index (Phi) is 4.39. The molecule has 1 aromatic heterocycles. The molecule has 0 saturated heterocycles. The molecule has 1 heterocycles. The van der Waals surface area contributed by atoms with E-state index in [1.807, 2.05) is 26.0 Å². The van der Waals surface area contributed by atoms with Gasteiger partial charge in [-0.1, -0.05) is 6.42 Å². The Morgan fingerprint density at radius 2 is 1.84 bits per heavy atom. The average molecular weight is 264 g/mol. The van der Waals surface area contributed by atoms with Gasteiger partial charge in [-0.15, -0.1) is 0 Å². The maximum absolute atomic E-state index is 4.55. The first kappa shape index (κ1) is 13.8. The molecule has 1 aromatic rings. The monoisotopic (exact) mass is 264 g/mol. The highest BCUT2D eigenvalue weighted by Gasteiger charge is 2.22. The van der Waals surface area contributed by atoms with Gasteiger partial charge in [0.2, 0.25) is 17.8 Å². The highest BCUT2D eigenvalue weighted by molar-refractivity contribution is 5.44. The summed E-state index contributed by atoms with van der Waals surface area (Å²) in [7, 11) is 5.72. The zero-order chi connectivity index (χ0) is 13.8. The molecule has 1 N–H and O–H groups in total. The van der Waals surface area contributed by atoms with Crippen molar-refractivity contribution in [3.05, 3.63) is 0 Å². The van der Waals surface area contributed by atoms with Crippen molar-refractivity contribution in [2.75, 3.05) is 49.3 Å². The maximum atomic E-state index is 4.55. The van der Waals surface area contributed by atoms with Crippen LogP contribution < -0.4 is 15.1 Å². The normalized spacial score (nSPS) is 14.9. The number of hydrogen-bond donors (Lipinski definition) is 1. The molecular weight excluding hydrogens is 240 g/mol. The van der Waals surface area contributed by atoms with Gasteiger partial charge in [-0.2, -0.15) is 15.0 Å². The van der Waals surface area contributed by atoms with Crippen LogP contribution in [0.3, 0.4) is 0 Å². The molecule has 1 aliphatic rings. The fraction of sp³-hybridized carbons (Fsp3) is 0.769. The number of hydrogen-bond acceptors (Lipinski definition) is 6. The van der Waals surface area contributed by atoms with Crippen LogP contribution in [0.2, 0.25) is 0 Å². The molecule has 0 amide bonds. The summed E-state index contributed by atoms with van der Waals surface area (Å²) in [6.45, 7) is 4.13. The van der Waals surface area contributed by atoms with E-state index in [0.29, 0.717) is 11.9 Å². The van der Waals surface area contributed by atoms with Gasteiger partial charge in [0.1, 0.15) is 0 Å². The fourth-order valence-electron chi connectivity index (χ4n) is 2.15. The highest BCUT2D eigenvalue weighted by atomic mass is 15.3. The minimum absolute atomic E-state index is 0.626. The van der Waals surface area contributed by atoms with Gasteiger partial charge in [0.25, 0.3) is 0 Å². The van der Waals surface area contributed by atoms with Crippen LogP contribution in [-0.4, -0.2) is 49.2 Å². The Hall–Kier alpha value is -1.59. The molecule has 1 aliphatic carbocycles. The zero-order valence-corrected chi connectivity index (χ0v) is 12.3. The predicted molar refractivity (Wildman–Crippen MR) is 78.9 cm³/mol. The lowest BCUT2D eigenvalue weighted by molar-refractivity contribution is 0.317. The van der Waals surface area contributed by atoms with E-state index >= 15 is 0 Å². The van der Waals surface area contributed by atoms with Gasteiger partial charge in [0, 0.05) is 34.2 Å². The lowest BCUT2D eigenvalue weighted by Gasteiger charge is -2.32. The first-order valence-corrected chi connectivity index (χ1v) is 7.00. The van der Waals surface area contributed by atoms with Crippen LogP contribution in [0, 0.1) is 5.92 Å². The second-order valence-corrected chi connectivity index (χ2v) is 5.24. The Balaban J connectivity index is 2.21. The van der Waals surface area contributed by atoms with Crippen LogP contribution >= 0.6 is 0 Å². The topological polar surface area (TPSA) is 57.2 Å². The largest absolute Gasteiger partial charge is 0.357 e. The van der Waals surface area contributed by atoms with E-state index in [4.69, 9.17) is 0 Å². The van der Waals surface area contributed by atoms with Crippen molar-refractivity contribution >= 4 is 17.8 Å². The van der Waals surface area contributed by atoms with Crippen LogP contribution in [0.15, 0.2) is 0 Å². The molecule has 1 fully saturated rings. The Morgan fingerprint density at radius 3 is 2.32 bits per heavy atom. The lowest BCUT2D eigenvalue weighted by atomic mass is 9.85. The van der Waals surface area contributed by atoms with Crippen LogP contribution in [0.1, 0.15) is 26.2 Å². The fourth-order valence-corrected chi connectivity index (χ4v) is 2.15. The number of nitrogens with one attached hydrogen (secondary N) is 1. The molecule has 0 aromatic carbocycles. The average Bonchev–Trinajstić information content (AvgIpc) is 2.37. The Labute approximate surface area is 115 Å². The lowest BCUT2D eigenvalue weighted by Crippen LogP contribution is -2.34. The van der Waals surface area contributed by atoms with E-state index in [-0.39, 0.29) is 0 Å². The van der Waals surface area contributed by atoms with Crippen molar-refractivity contribution in [1.29, 1.82) is 0 Å². The third-order valence-electron chi connectivity index (χ3n) is 3.60. The first-order valence-electron chi connectivity index (χ1n) is 7.00. The highest BCUT2D eigenvalue weighted by Crippen LogP contribution is 2.28. The van der Waals surface area contributed by atoms with E-state index < -0.39 is 0 Å². The van der Waals surface area contributed by atoms with Crippen molar-refractivity contribution in [2.24, 2.45) is 5.92 Å². The summed E-state index contributed by atoms with van der Waals surface area (Å²) in [5, 5.41) is 3.01. The third-order valence-corrected chi connectivity index (χ3v) is 3.60. The van der Waals surface area contributed by atoms with Crippen molar-refractivity contribution in [3.8, 4) is 0 Å². The van der Waals surface area contributed by atoms with E-state index in [1.54, 1.807) is 0 Å². The molecule has 0 radical (unpaired) electrons. The predicted octanol–water partition coefficient (Wildman–Crippen LogP) is 1.61. The number of rotatable bonds is 6.